The third kappa shape index (κ3) is 1.82. The van der Waals surface area contributed by atoms with Gasteiger partial charge in [-0.1, -0.05) is 11.6 Å². The fourth-order valence-electron chi connectivity index (χ4n) is 4.10. The lowest BCUT2D eigenvalue weighted by Crippen LogP contribution is -2.37. The summed E-state index contributed by atoms with van der Waals surface area (Å²) in [7, 11) is -3.16. The molecule has 3 atom stereocenters. The second-order valence-electron chi connectivity index (χ2n) is 6.88. The predicted molar refractivity (Wildman–Crippen MR) is 85.5 cm³/mol. The number of fused-ring (bicyclic) bond motifs is 2. The molecular formula is C15H16ClN3O3S. The van der Waals surface area contributed by atoms with E-state index in [0.717, 1.165) is 29.3 Å². The largest absolute Gasteiger partial charge is 0.384 e. The molecule has 2 aliphatic carbocycles. The second kappa shape index (κ2) is 4.27. The number of halogens is 1. The van der Waals surface area contributed by atoms with Gasteiger partial charge in [0.15, 0.2) is 0 Å². The summed E-state index contributed by atoms with van der Waals surface area (Å²) in [6.45, 7) is 0.789. The van der Waals surface area contributed by atoms with Gasteiger partial charge in [0, 0.05) is 35.3 Å². The lowest BCUT2D eigenvalue weighted by molar-refractivity contribution is 0.0991. The minimum Gasteiger partial charge on any atom is -0.384 e. The molecule has 0 amide bonds. The Hall–Kier alpha value is -1.15. The molecule has 0 unspecified atom stereocenters. The van der Waals surface area contributed by atoms with Gasteiger partial charge in [0.05, 0.1) is 22.6 Å². The fraction of sp³-hybridized carbons (Fsp3) is 0.533. The number of aliphatic hydroxyl groups is 1. The molecule has 1 saturated heterocycles. The van der Waals surface area contributed by atoms with Gasteiger partial charge in [-0.3, -0.25) is 5.10 Å². The van der Waals surface area contributed by atoms with Crippen LogP contribution in [0.3, 0.4) is 0 Å². The summed E-state index contributed by atoms with van der Waals surface area (Å²) in [5.41, 5.74) is 0.545. The van der Waals surface area contributed by atoms with Crippen molar-refractivity contribution >= 4 is 32.5 Å². The van der Waals surface area contributed by atoms with Crippen molar-refractivity contribution in [1.29, 1.82) is 0 Å². The van der Waals surface area contributed by atoms with Crippen molar-refractivity contribution in [1.82, 2.24) is 14.5 Å². The van der Waals surface area contributed by atoms with Gasteiger partial charge in [-0.25, -0.2) is 12.7 Å². The van der Waals surface area contributed by atoms with E-state index in [-0.39, 0.29) is 17.1 Å². The van der Waals surface area contributed by atoms with Gasteiger partial charge in [-0.15, -0.1) is 0 Å². The Labute approximate surface area is 138 Å². The number of aromatic amines is 1. The number of benzene rings is 1. The molecule has 5 rings (SSSR count). The lowest BCUT2D eigenvalue weighted by atomic mass is 9.99. The number of sulfonamides is 1. The zero-order valence-electron chi connectivity index (χ0n) is 12.2. The van der Waals surface area contributed by atoms with E-state index in [1.807, 2.05) is 0 Å². The van der Waals surface area contributed by atoms with Gasteiger partial charge in [0.1, 0.15) is 0 Å². The standard InChI is InChI=1S/C15H16ClN3O3S/c16-8-3-11(10-5-17-18-14(10)4-8)15(20)12-6-19(7-13(12)15)23(21,22)9-1-2-9/h3-5,9,12-13,20H,1-2,6-7H2,(H,17,18)/t12-,13+,15-. The van der Waals surface area contributed by atoms with Crippen LogP contribution in [0.15, 0.2) is 18.3 Å². The van der Waals surface area contributed by atoms with Crippen molar-refractivity contribution < 1.29 is 13.5 Å². The average molecular weight is 354 g/mol. The summed E-state index contributed by atoms with van der Waals surface area (Å²) in [4.78, 5) is 0. The Morgan fingerprint density at radius 2 is 2.00 bits per heavy atom. The van der Waals surface area contributed by atoms with E-state index >= 15 is 0 Å². The first kappa shape index (κ1) is 14.2. The Bertz CT molecular complexity index is 909. The number of aromatic nitrogens is 2. The Morgan fingerprint density at radius 1 is 1.30 bits per heavy atom. The molecular weight excluding hydrogens is 338 g/mol. The van der Waals surface area contributed by atoms with Crippen molar-refractivity contribution in [3.63, 3.8) is 0 Å². The van der Waals surface area contributed by atoms with Crippen molar-refractivity contribution in [3.05, 3.63) is 28.9 Å². The van der Waals surface area contributed by atoms with Crippen LogP contribution >= 0.6 is 11.6 Å². The minimum atomic E-state index is -3.16. The maximum absolute atomic E-state index is 12.3. The van der Waals surface area contributed by atoms with Crippen LogP contribution in [0.2, 0.25) is 5.02 Å². The van der Waals surface area contributed by atoms with E-state index in [1.165, 1.54) is 0 Å². The van der Waals surface area contributed by atoms with E-state index < -0.39 is 15.6 Å². The predicted octanol–water partition coefficient (Wildman–Crippen LogP) is 1.46. The lowest BCUT2D eigenvalue weighted by Gasteiger charge is -2.24. The third-order valence-electron chi connectivity index (χ3n) is 5.57. The molecule has 2 N–H and O–H groups in total. The smallest absolute Gasteiger partial charge is 0.217 e. The summed E-state index contributed by atoms with van der Waals surface area (Å²) in [6.07, 6.45) is 3.22. The highest BCUT2D eigenvalue weighted by molar-refractivity contribution is 7.90. The monoisotopic (exact) mass is 353 g/mol. The number of nitrogens with zero attached hydrogens (tertiary/aromatic N) is 2. The SMILES string of the molecule is O=S(=O)(C1CC1)N1C[C@@H]2[C@H](C1)[C@@]2(O)c1cc(Cl)cc2[nH]ncc12. The number of nitrogens with one attached hydrogen (secondary N) is 1. The summed E-state index contributed by atoms with van der Waals surface area (Å²) in [6, 6.07) is 3.55. The van der Waals surface area contributed by atoms with Crippen molar-refractivity contribution in [2.45, 2.75) is 23.7 Å². The Balaban J connectivity index is 1.49. The number of piperidine rings is 1. The highest BCUT2D eigenvalue weighted by Gasteiger charge is 2.70. The molecule has 0 radical (unpaired) electrons. The van der Waals surface area contributed by atoms with Crippen molar-refractivity contribution in [3.8, 4) is 0 Å². The summed E-state index contributed by atoms with van der Waals surface area (Å²) >= 11 is 6.16. The minimum absolute atomic E-state index is 0.0624. The van der Waals surface area contributed by atoms with Crippen molar-refractivity contribution in [2.24, 2.45) is 11.8 Å². The van der Waals surface area contributed by atoms with Crippen LogP contribution in [-0.2, 0) is 15.6 Å². The van der Waals surface area contributed by atoms with Gasteiger partial charge in [0.2, 0.25) is 10.0 Å². The molecule has 1 aliphatic heterocycles. The molecule has 3 fully saturated rings. The molecule has 0 spiro atoms. The zero-order valence-corrected chi connectivity index (χ0v) is 13.8. The number of H-pyrrole nitrogens is 1. The van der Waals surface area contributed by atoms with Gasteiger partial charge in [-0.05, 0) is 30.5 Å². The molecule has 1 aromatic heterocycles. The van der Waals surface area contributed by atoms with E-state index in [2.05, 4.69) is 10.2 Å². The van der Waals surface area contributed by atoms with E-state index in [4.69, 9.17) is 11.6 Å². The average Bonchev–Trinajstić information content (AvgIpc) is 3.30. The fourth-order valence-corrected chi connectivity index (χ4v) is 6.21. The number of rotatable bonds is 3. The molecule has 0 bridgehead atoms. The van der Waals surface area contributed by atoms with Gasteiger partial charge < -0.3 is 5.11 Å². The van der Waals surface area contributed by atoms with Gasteiger partial charge in [0.25, 0.3) is 0 Å². The molecule has 3 aliphatic rings. The van der Waals surface area contributed by atoms with Gasteiger partial charge >= 0.3 is 0 Å². The first-order valence-electron chi connectivity index (χ1n) is 7.77. The molecule has 1 aromatic carbocycles. The molecule has 122 valence electrons. The molecule has 6 nitrogen and oxygen atoms in total. The van der Waals surface area contributed by atoms with Crippen LogP contribution in [0, 0.1) is 11.8 Å². The molecule has 8 heteroatoms. The summed E-state index contributed by atoms with van der Waals surface area (Å²) in [5.74, 6) is -0.125. The highest BCUT2D eigenvalue weighted by Crippen LogP contribution is 2.63. The molecule has 2 aromatic rings. The Morgan fingerprint density at radius 3 is 2.65 bits per heavy atom. The molecule has 23 heavy (non-hydrogen) atoms. The highest BCUT2D eigenvalue weighted by atomic mass is 35.5. The van der Waals surface area contributed by atoms with Gasteiger partial charge in [-0.2, -0.15) is 5.10 Å². The van der Waals surface area contributed by atoms with E-state index in [0.29, 0.717) is 18.1 Å². The molecule has 2 heterocycles. The summed E-state index contributed by atoms with van der Waals surface area (Å²) < 4.78 is 26.2. The number of hydrogen-bond acceptors (Lipinski definition) is 4. The van der Waals surface area contributed by atoms with E-state index in [1.54, 1.807) is 22.6 Å². The normalized spacial score (nSPS) is 34.0. The van der Waals surface area contributed by atoms with Crippen LogP contribution in [0.25, 0.3) is 10.9 Å². The summed E-state index contributed by atoms with van der Waals surface area (Å²) in [5, 5.41) is 19.2. The van der Waals surface area contributed by atoms with E-state index in [9.17, 15) is 13.5 Å². The first-order valence-corrected chi connectivity index (χ1v) is 9.65. The van der Waals surface area contributed by atoms with Crippen molar-refractivity contribution in [2.75, 3.05) is 13.1 Å². The first-order chi connectivity index (χ1) is 10.9. The topological polar surface area (TPSA) is 86.3 Å². The maximum atomic E-state index is 12.3. The van der Waals surface area contributed by atoms with Crippen LogP contribution in [0.4, 0.5) is 0 Å². The van der Waals surface area contributed by atoms with Crippen LogP contribution in [-0.4, -0.2) is 46.4 Å². The quantitative estimate of drug-likeness (QED) is 0.874. The Kier molecular flexibility index (Phi) is 2.64. The van der Waals surface area contributed by atoms with Crippen LogP contribution < -0.4 is 0 Å². The maximum Gasteiger partial charge on any atom is 0.217 e. The van der Waals surface area contributed by atoms with Crippen LogP contribution in [0.5, 0.6) is 0 Å². The van der Waals surface area contributed by atoms with Crippen LogP contribution in [0.1, 0.15) is 18.4 Å². The third-order valence-corrected chi connectivity index (χ3v) is 8.12. The number of hydrogen-bond donors (Lipinski definition) is 2. The molecule has 2 saturated carbocycles. The zero-order chi connectivity index (χ0) is 16.0. The second-order valence-corrected chi connectivity index (χ2v) is 9.53.